The Morgan fingerprint density at radius 3 is 2.71 bits per heavy atom. The fraction of sp³-hybridized carbons (Fsp3) is 0.769. The molecule has 2 N–H and O–H groups in total. The van der Waals surface area contributed by atoms with Crippen LogP contribution in [0, 0.1) is 0 Å². The van der Waals surface area contributed by atoms with Crippen molar-refractivity contribution in [2.24, 2.45) is 0 Å². The van der Waals surface area contributed by atoms with E-state index in [2.05, 4.69) is 5.32 Å². The van der Waals surface area contributed by atoms with Crippen LogP contribution in [0.5, 0.6) is 0 Å². The van der Waals surface area contributed by atoms with Crippen molar-refractivity contribution in [1.29, 1.82) is 0 Å². The second-order valence-corrected chi connectivity index (χ2v) is 5.23. The maximum atomic E-state index is 12.0. The number of carboxylic acids is 1. The normalized spacial score (nSPS) is 23.7. The number of rotatable bonds is 5. The first kappa shape index (κ1) is 15.7. The molecule has 2 aliphatic rings. The van der Waals surface area contributed by atoms with Gasteiger partial charge in [0.2, 0.25) is 11.8 Å². The molecule has 2 fully saturated rings. The minimum Gasteiger partial charge on any atom is -0.480 e. The predicted octanol–water partition coefficient (Wildman–Crippen LogP) is -1.49. The molecule has 1 unspecified atom stereocenters. The summed E-state index contributed by atoms with van der Waals surface area (Å²) >= 11 is 0. The van der Waals surface area contributed by atoms with Gasteiger partial charge in [-0.05, 0) is 6.42 Å². The minimum atomic E-state index is -0.950. The van der Waals surface area contributed by atoms with Crippen molar-refractivity contribution in [3.05, 3.63) is 0 Å². The molecule has 0 aromatic rings. The number of amides is 2. The van der Waals surface area contributed by atoms with Crippen LogP contribution < -0.4 is 5.32 Å². The highest BCUT2D eigenvalue weighted by molar-refractivity contribution is 5.83. The van der Waals surface area contributed by atoms with Gasteiger partial charge >= 0.3 is 5.97 Å². The lowest BCUT2D eigenvalue weighted by Crippen LogP contribution is -2.57. The maximum Gasteiger partial charge on any atom is 0.322 e. The Morgan fingerprint density at radius 2 is 2.05 bits per heavy atom. The highest BCUT2D eigenvalue weighted by Gasteiger charge is 2.31. The van der Waals surface area contributed by atoms with E-state index in [4.69, 9.17) is 9.84 Å². The molecule has 0 saturated carbocycles. The second kappa shape index (κ2) is 7.37. The third-order valence-corrected chi connectivity index (χ3v) is 3.76. The van der Waals surface area contributed by atoms with E-state index < -0.39 is 12.0 Å². The fourth-order valence-electron chi connectivity index (χ4n) is 2.57. The van der Waals surface area contributed by atoms with Crippen LogP contribution in [-0.4, -0.2) is 84.7 Å². The van der Waals surface area contributed by atoms with Gasteiger partial charge in [-0.3, -0.25) is 19.3 Å². The Morgan fingerprint density at radius 1 is 1.33 bits per heavy atom. The summed E-state index contributed by atoms with van der Waals surface area (Å²) in [6.45, 7) is 2.98. The summed E-state index contributed by atoms with van der Waals surface area (Å²) < 4.78 is 5.19. The maximum absolute atomic E-state index is 12.0. The first-order valence-electron chi connectivity index (χ1n) is 7.17. The van der Waals surface area contributed by atoms with E-state index in [1.54, 1.807) is 9.80 Å². The second-order valence-electron chi connectivity index (χ2n) is 5.23. The van der Waals surface area contributed by atoms with E-state index in [-0.39, 0.29) is 24.9 Å². The molecule has 21 heavy (non-hydrogen) atoms. The highest BCUT2D eigenvalue weighted by atomic mass is 16.5. The van der Waals surface area contributed by atoms with Gasteiger partial charge in [-0.15, -0.1) is 0 Å². The first-order valence-corrected chi connectivity index (χ1v) is 7.17. The lowest BCUT2D eigenvalue weighted by molar-refractivity contribution is -0.146. The van der Waals surface area contributed by atoms with Gasteiger partial charge in [0.1, 0.15) is 6.04 Å². The average Bonchev–Trinajstić information content (AvgIpc) is 2.48. The van der Waals surface area contributed by atoms with Gasteiger partial charge in [0.15, 0.2) is 0 Å². The molecule has 1 atom stereocenters. The number of hydrogen-bond donors (Lipinski definition) is 2. The molecule has 118 valence electrons. The van der Waals surface area contributed by atoms with Gasteiger partial charge in [-0.1, -0.05) is 0 Å². The monoisotopic (exact) mass is 299 g/mol. The van der Waals surface area contributed by atoms with Crippen LogP contribution in [-0.2, 0) is 19.1 Å². The van der Waals surface area contributed by atoms with E-state index in [0.717, 1.165) is 0 Å². The molecule has 0 aromatic heterocycles. The number of piperazine rings is 1. The Hall–Kier alpha value is -1.67. The molecule has 0 aromatic carbocycles. The van der Waals surface area contributed by atoms with Crippen molar-refractivity contribution in [2.75, 3.05) is 45.9 Å². The van der Waals surface area contributed by atoms with E-state index >= 15 is 0 Å². The Balaban J connectivity index is 1.76. The number of carboxylic acid groups (broad SMARTS) is 1. The number of nitrogens with one attached hydrogen (secondary N) is 1. The topological polar surface area (TPSA) is 99.2 Å². The zero-order valence-electron chi connectivity index (χ0n) is 11.9. The summed E-state index contributed by atoms with van der Waals surface area (Å²) in [5.74, 6) is -1.06. The van der Waals surface area contributed by atoms with Crippen molar-refractivity contribution < 1.29 is 24.2 Å². The Labute approximate surface area is 123 Å². The van der Waals surface area contributed by atoms with Crippen LogP contribution in [0.3, 0.4) is 0 Å². The molecule has 2 aliphatic heterocycles. The molecule has 2 saturated heterocycles. The van der Waals surface area contributed by atoms with Crippen molar-refractivity contribution in [3.8, 4) is 0 Å². The van der Waals surface area contributed by atoms with Gasteiger partial charge in [0.25, 0.3) is 0 Å². The first-order chi connectivity index (χ1) is 10.1. The van der Waals surface area contributed by atoms with E-state index in [1.165, 1.54) is 0 Å². The van der Waals surface area contributed by atoms with Crippen molar-refractivity contribution in [1.82, 2.24) is 15.1 Å². The Kier molecular flexibility index (Phi) is 5.51. The quantitative estimate of drug-likeness (QED) is 0.642. The van der Waals surface area contributed by atoms with Crippen LogP contribution in [0.2, 0.25) is 0 Å². The molecule has 2 heterocycles. The number of aliphatic carboxylic acids is 1. The van der Waals surface area contributed by atoms with E-state index in [0.29, 0.717) is 45.7 Å². The summed E-state index contributed by atoms with van der Waals surface area (Å²) in [4.78, 5) is 37.8. The summed E-state index contributed by atoms with van der Waals surface area (Å²) in [6, 6.07) is -0.707. The summed E-state index contributed by atoms with van der Waals surface area (Å²) in [5, 5.41) is 11.7. The molecule has 8 nitrogen and oxygen atoms in total. The number of ether oxygens (including phenoxy) is 1. The van der Waals surface area contributed by atoms with Gasteiger partial charge < -0.3 is 20.1 Å². The molecule has 0 spiro atoms. The van der Waals surface area contributed by atoms with Crippen LogP contribution in [0.25, 0.3) is 0 Å². The van der Waals surface area contributed by atoms with Crippen molar-refractivity contribution in [2.45, 2.75) is 18.9 Å². The largest absolute Gasteiger partial charge is 0.480 e. The van der Waals surface area contributed by atoms with E-state index in [9.17, 15) is 14.4 Å². The van der Waals surface area contributed by atoms with Crippen molar-refractivity contribution in [3.63, 3.8) is 0 Å². The van der Waals surface area contributed by atoms with E-state index in [1.807, 2.05) is 0 Å². The predicted molar refractivity (Wildman–Crippen MR) is 72.6 cm³/mol. The smallest absolute Gasteiger partial charge is 0.322 e. The van der Waals surface area contributed by atoms with Crippen molar-refractivity contribution >= 4 is 17.8 Å². The number of hydrogen-bond acceptors (Lipinski definition) is 5. The molecule has 0 aliphatic carbocycles. The summed E-state index contributed by atoms with van der Waals surface area (Å²) in [6.07, 6.45) is 0.914. The molecular formula is C13H21N3O5. The van der Waals surface area contributed by atoms with Gasteiger partial charge in [-0.25, -0.2) is 0 Å². The minimum absolute atomic E-state index is 0.0617. The van der Waals surface area contributed by atoms with Gasteiger partial charge in [0.05, 0.1) is 19.8 Å². The number of carbonyl (C=O) groups is 3. The third-order valence-electron chi connectivity index (χ3n) is 3.76. The number of nitrogens with zero attached hydrogens (tertiary/aromatic N) is 2. The molecule has 8 heteroatoms. The fourth-order valence-corrected chi connectivity index (χ4v) is 2.57. The molecule has 0 radical (unpaired) electrons. The SMILES string of the molecule is O=C1CN(CCCC(=O)N2CCOCC2)C(C(=O)O)CN1. The third kappa shape index (κ3) is 4.40. The highest BCUT2D eigenvalue weighted by Crippen LogP contribution is 2.08. The Bertz CT molecular complexity index is 409. The lowest BCUT2D eigenvalue weighted by Gasteiger charge is -2.33. The summed E-state index contributed by atoms with van der Waals surface area (Å²) in [5.41, 5.74) is 0. The van der Waals surface area contributed by atoms with Crippen LogP contribution in [0.15, 0.2) is 0 Å². The average molecular weight is 299 g/mol. The van der Waals surface area contributed by atoms with Gasteiger partial charge in [0, 0.05) is 32.6 Å². The molecular weight excluding hydrogens is 278 g/mol. The van der Waals surface area contributed by atoms with Crippen LogP contribution in [0.4, 0.5) is 0 Å². The standard InChI is InChI=1S/C13H21N3O5/c17-11-9-16(10(8-14-11)13(19)20)3-1-2-12(18)15-4-6-21-7-5-15/h10H,1-9H2,(H,14,17)(H,19,20). The molecule has 2 amide bonds. The van der Waals surface area contributed by atoms with Gasteiger partial charge in [-0.2, -0.15) is 0 Å². The molecule has 2 rings (SSSR count). The van der Waals surface area contributed by atoms with Crippen LogP contribution in [0.1, 0.15) is 12.8 Å². The zero-order chi connectivity index (χ0) is 15.2. The number of morpholine rings is 1. The molecule has 0 bridgehead atoms. The van der Waals surface area contributed by atoms with Crippen LogP contribution >= 0.6 is 0 Å². The zero-order valence-corrected chi connectivity index (χ0v) is 11.9. The lowest BCUT2D eigenvalue weighted by atomic mass is 10.1. The number of carbonyl (C=O) groups excluding carboxylic acids is 2. The summed E-state index contributed by atoms with van der Waals surface area (Å²) in [7, 11) is 0.